The first kappa shape index (κ1) is 22.1. The Morgan fingerprint density at radius 2 is 1.62 bits per heavy atom. The van der Waals surface area contributed by atoms with Crippen molar-refractivity contribution in [2.24, 2.45) is 0 Å². The maximum atomic E-state index is 11.9. The van der Waals surface area contributed by atoms with Gasteiger partial charge in [0.05, 0.1) is 24.6 Å². The second-order valence-corrected chi connectivity index (χ2v) is 7.93. The van der Waals surface area contributed by atoms with Crippen LogP contribution < -0.4 is 0 Å². The minimum absolute atomic E-state index is 0.0684. The molecule has 0 N–H and O–H groups in total. The van der Waals surface area contributed by atoms with Crippen LogP contribution in [-0.4, -0.2) is 46.6 Å². The standard InChI is InChI=1S/C26H29N3O3/c1-2-31-26(30)24-18-27-17-22(28-24)19-29-15-13-23(14-16-29)32-25(20-9-5-3-6-10-20)21-11-7-4-8-12-21/h3-12,17-18,23,25H,2,13-16,19H2,1H3. The van der Waals surface area contributed by atoms with Gasteiger partial charge in [0.15, 0.2) is 5.69 Å². The van der Waals surface area contributed by atoms with Crippen LogP contribution in [0.5, 0.6) is 0 Å². The van der Waals surface area contributed by atoms with Crippen molar-refractivity contribution < 1.29 is 14.3 Å². The first-order valence-electron chi connectivity index (χ1n) is 11.2. The van der Waals surface area contributed by atoms with Crippen LogP contribution in [0.1, 0.15) is 53.2 Å². The summed E-state index contributed by atoms with van der Waals surface area (Å²) in [5.41, 5.74) is 3.39. The molecule has 1 aliphatic rings. The van der Waals surface area contributed by atoms with E-state index in [0.717, 1.165) is 31.6 Å². The van der Waals surface area contributed by atoms with E-state index in [1.54, 1.807) is 13.1 Å². The van der Waals surface area contributed by atoms with Crippen molar-refractivity contribution in [1.29, 1.82) is 0 Å². The lowest BCUT2D eigenvalue weighted by molar-refractivity contribution is -0.0283. The van der Waals surface area contributed by atoms with Gasteiger partial charge in [-0.05, 0) is 30.9 Å². The summed E-state index contributed by atoms with van der Waals surface area (Å²) in [6.07, 6.45) is 5.18. The van der Waals surface area contributed by atoms with Crippen molar-refractivity contribution >= 4 is 5.97 Å². The number of nitrogens with zero attached hydrogens (tertiary/aromatic N) is 3. The van der Waals surface area contributed by atoms with E-state index in [0.29, 0.717) is 13.2 Å². The fraction of sp³-hybridized carbons (Fsp3) is 0.346. The van der Waals surface area contributed by atoms with E-state index < -0.39 is 5.97 Å². The summed E-state index contributed by atoms with van der Waals surface area (Å²) in [7, 11) is 0. The lowest BCUT2D eigenvalue weighted by Crippen LogP contribution is -2.37. The van der Waals surface area contributed by atoms with Crippen molar-refractivity contribution in [2.75, 3.05) is 19.7 Å². The number of hydrogen-bond donors (Lipinski definition) is 0. The predicted octanol–water partition coefficient (Wildman–Crippen LogP) is 4.42. The van der Waals surface area contributed by atoms with E-state index in [1.807, 2.05) is 12.1 Å². The highest BCUT2D eigenvalue weighted by Gasteiger charge is 2.25. The Kier molecular flexibility index (Phi) is 7.59. The lowest BCUT2D eigenvalue weighted by atomic mass is 10.00. The van der Waals surface area contributed by atoms with E-state index >= 15 is 0 Å². The van der Waals surface area contributed by atoms with Gasteiger partial charge >= 0.3 is 5.97 Å². The first-order valence-corrected chi connectivity index (χ1v) is 11.2. The van der Waals surface area contributed by atoms with Gasteiger partial charge in [-0.15, -0.1) is 0 Å². The minimum Gasteiger partial charge on any atom is -0.461 e. The zero-order valence-corrected chi connectivity index (χ0v) is 18.4. The molecule has 0 saturated carbocycles. The van der Waals surface area contributed by atoms with Crippen molar-refractivity contribution in [3.8, 4) is 0 Å². The van der Waals surface area contributed by atoms with Crippen molar-refractivity contribution in [3.05, 3.63) is 95.6 Å². The van der Waals surface area contributed by atoms with Gasteiger partial charge in [-0.2, -0.15) is 0 Å². The topological polar surface area (TPSA) is 64.5 Å². The van der Waals surface area contributed by atoms with Gasteiger partial charge in [-0.3, -0.25) is 9.88 Å². The van der Waals surface area contributed by atoms with E-state index in [4.69, 9.17) is 9.47 Å². The number of carbonyl (C=O) groups is 1. The molecule has 2 aromatic carbocycles. The van der Waals surface area contributed by atoms with Crippen LogP contribution in [0.3, 0.4) is 0 Å². The van der Waals surface area contributed by atoms with Crippen LogP contribution in [0.4, 0.5) is 0 Å². The van der Waals surface area contributed by atoms with Crippen molar-refractivity contribution in [1.82, 2.24) is 14.9 Å². The van der Waals surface area contributed by atoms with Gasteiger partial charge < -0.3 is 9.47 Å². The number of carbonyl (C=O) groups excluding carboxylic acids is 1. The highest BCUT2D eigenvalue weighted by molar-refractivity contribution is 5.86. The molecular formula is C26H29N3O3. The summed E-state index contributed by atoms with van der Waals surface area (Å²) < 4.78 is 11.6. The Balaban J connectivity index is 1.36. The number of esters is 1. The van der Waals surface area contributed by atoms with Gasteiger partial charge in [0.1, 0.15) is 6.10 Å². The second-order valence-electron chi connectivity index (χ2n) is 7.93. The quantitative estimate of drug-likeness (QED) is 0.492. The van der Waals surface area contributed by atoms with Crippen LogP contribution in [0.2, 0.25) is 0 Å². The van der Waals surface area contributed by atoms with Crippen LogP contribution >= 0.6 is 0 Å². The molecule has 166 valence electrons. The number of piperidine rings is 1. The lowest BCUT2D eigenvalue weighted by Gasteiger charge is -2.34. The molecule has 0 atom stereocenters. The molecule has 0 aliphatic carbocycles. The highest BCUT2D eigenvalue weighted by Crippen LogP contribution is 2.30. The first-order chi connectivity index (χ1) is 15.7. The number of aromatic nitrogens is 2. The average Bonchev–Trinajstić information content (AvgIpc) is 2.85. The summed E-state index contributed by atoms with van der Waals surface area (Å²) >= 11 is 0. The molecule has 0 radical (unpaired) electrons. The maximum absolute atomic E-state index is 11.9. The summed E-state index contributed by atoms with van der Waals surface area (Å²) in [6, 6.07) is 20.8. The molecule has 1 fully saturated rings. The van der Waals surface area contributed by atoms with E-state index in [2.05, 4.69) is 63.4 Å². The zero-order valence-electron chi connectivity index (χ0n) is 18.4. The SMILES string of the molecule is CCOC(=O)c1cncc(CN2CCC(OC(c3ccccc3)c3ccccc3)CC2)n1. The summed E-state index contributed by atoms with van der Waals surface area (Å²) in [5.74, 6) is -0.429. The van der Waals surface area contributed by atoms with Crippen LogP contribution in [-0.2, 0) is 16.0 Å². The maximum Gasteiger partial charge on any atom is 0.358 e. The van der Waals surface area contributed by atoms with Crippen molar-refractivity contribution in [3.63, 3.8) is 0 Å². The normalized spacial score (nSPS) is 15.1. The molecule has 6 nitrogen and oxygen atoms in total. The Bertz CT molecular complexity index is 950. The third kappa shape index (κ3) is 5.78. The molecule has 2 heterocycles. The van der Waals surface area contributed by atoms with E-state index in [-0.39, 0.29) is 17.9 Å². The third-order valence-corrected chi connectivity index (χ3v) is 5.62. The molecule has 0 unspecified atom stereocenters. The number of ether oxygens (including phenoxy) is 2. The molecule has 32 heavy (non-hydrogen) atoms. The summed E-state index contributed by atoms with van der Waals surface area (Å²) in [5, 5.41) is 0. The monoisotopic (exact) mass is 431 g/mol. The molecule has 0 spiro atoms. The fourth-order valence-electron chi connectivity index (χ4n) is 4.02. The molecular weight excluding hydrogens is 402 g/mol. The molecule has 1 saturated heterocycles. The van der Waals surface area contributed by atoms with E-state index in [1.165, 1.54) is 17.3 Å². The van der Waals surface area contributed by atoms with Crippen molar-refractivity contribution in [2.45, 2.75) is 38.5 Å². The Morgan fingerprint density at radius 3 is 2.22 bits per heavy atom. The number of rotatable bonds is 8. The van der Waals surface area contributed by atoms with Crippen LogP contribution in [0, 0.1) is 0 Å². The second kappa shape index (κ2) is 11.0. The van der Waals surface area contributed by atoms with Crippen LogP contribution in [0.25, 0.3) is 0 Å². The fourth-order valence-corrected chi connectivity index (χ4v) is 4.02. The Hall–Kier alpha value is -3.09. The molecule has 0 amide bonds. The Labute approximate surface area is 189 Å². The molecule has 3 aromatic rings. The minimum atomic E-state index is -0.429. The smallest absolute Gasteiger partial charge is 0.358 e. The molecule has 1 aliphatic heterocycles. The van der Waals surface area contributed by atoms with E-state index in [9.17, 15) is 4.79 Å². The number of hydrogen-bond acceptors (Lipinski definition) is 6. The van der Waals surface area contributed by atoms with Gasteiger partial charge in [0.2, 0.25) is 0 Å². The third-order valence-electron chi connectivity index (χ3n) is 5.62. The molecule has 6 heteroatoms. The van der Waals surface area contributed by atoms with Crippen LogP contribution in [0.15, 0.2) is 73.1 Å². The highest BCUT2D eigenvalue weighted by atomic mass is 16.5. The molecule has 0 bridgehead atoms. The number of benzene rings is 2. The molecule has 4 rings (SSSR count). The van der Waals surface area contributed by atoms with Gasteiger partial charge in [-0.25, -0.2) is 9.78 Å². The summed E-state index contributed by atoms with van der Waals surface area (Å²) in [6.45, 7) is 4.58. The Morgan fingerprint density at radius 1 is 1.00 bits per heavy atom. The molecule has 1 aromatic heterocycles. The summed E-state index contributed by atoms with van der Waals surface area (Å²) in [4.78, 5) is 22.8. The zero-order chi connectivity index (χ0) is 22.2. The number of likely N-dealkylation sites (tertiary alicyclic amines) is 1. The van der Waals surface area contributed by atoms with Gasteiger partial charge in [0, 0.05) is 25.8 Å². The van der Waals surface area contributed by atoms with Gasteiger partial charge in [0.25, 0.3) is 0 Å². The predicted molar refractivity (Wildman–Crippen MR) is 122 cm³/mol. The largest absolute Gasteiger partial charge is 0.461 e. The average molecular weight is 432 g/mol. The van der Waals surface area contributed by atoms with Gasteiger partial charge in [-0.1, -0.05) is 60.7 Å².